The molecule has 1 aliphatic heterocycles. The van der Waals surface area contributed by atoms with E-state index in [2.05, 4.69) is 29.8 Å². The van der Waals surface area contributed by atoms with Crippen molar-refractivity contribution >= 4 is 11.6 Å². The van der Waals surface area contributed by atoms with Gasteiger partial charge in [-0.2, -0.15) is 0 Å². The van der Waals surface area contributed by atoms with Gasteiger partial charge in [-0.25, -0.2) is 0 Å². The largest absolute Gasteiger partial charge is 0.377 e. The van der Waals surface area contributed by atoms with Gasteiger partial charge in [0.1, 0.15) is 0 Å². The molecule has 0 aromatic heterocycles. The molecule has 22 heavy (non-hydrogen) atoms. The third-order valence-electron chi connectivity index (χ3n) is 5.33. The standard InChI is InChI=1S/C18H27ClN2O/c1-20-18(15-8-2-3-9-16(15)19)11-5-4-10-17(18)21-13-14-7-6-12-22-14/h2-3,8-9,14,17,20-21H,4-7,10-13H2,1H3/t14?,17-,18+/m0/s1. The summed E-state index contributed by atoms with van der Waals surface area (Å²) in [7, 11) is 2.06. The molecule has 0 spiro atoms. The fourth-order valence-corrected chi connectivity index (χ4v) is 4.41. The normalized spacial score (nSPS) is 32.3. The third kappa shape index (κ3) is 3.18. The highest BCUT2D eigenvalue weighted by molar-refractivity contribution is 6.31. The van der Waals surface area contributed by atoms with Crippen molar-refractivity contribution in [2.75, 3.05) is 20.2 Å². The van der Waals surface area contributed by atoms with Crippen LogP contribution in [-0.4, -0.2) is 32.3 Å². The Bertz CT molecular complexity index is 490. The van der Waals surface area contributed by atoms with Gasteiger partial charge in [-0.3, -0.25) is 0 Å². The SMILES string of the molecule is CN[C@@]1(c2ccccc2Cl)CCCC[C@@H]1NCC1CCCO1. The molecule has 1 unspecified atom stereocenters. The molecule has 2 N–H and O–H groups in total. The second-order valence-electron chi connectivity index (χ2n) is 6.54. The Morgan fingerprint density at radius 2 is 2.09 bits per heavy atom. The van der Waals surface area contributed by atoms with Crippen molar-refractivity contribution in [3.05, 3.63) is 34.9 Å². The molecule has 3 rings (SSSR count). The van der Waals surface area contributed by atoms with E-state index in [0.717, 1.165) is 24.6 Å². The van der Waals surface area contributed by atoms with Crippen molar-refractivity contribution in [1.29, 1.82) is 0 Å². The van der Waals surface area contributed by atoms with Crippen LogP contribution in [0.15, 0.2) is 24.3 Å². The highest BCUT2D eigenvalue weighted by Gasteiger charge is 2.42. The van der Waals surface area contributed by atoms with Crippen LogP contribution >= 0.6 is 11.6 Å². The monoisotopic (exact) mass is 322 g/mol. The van der Waals surface area contributed by atoms with Gasteiger partial charge in [-0.15, -0.1) is 0 Å². The van der Waals surface area contributed by atoms with Crippen molar-refractivity contribution in [2.24, 2.45) is 0 Å². The Kier molecular flexibility index (Phi) is 5.40. The molecule has 0 radical (unpaired) electrons. The Morgan fingerprint density at radius 3 is 2.82 bits per heavy atom. The summed E-state index contributed by atoms with van der Waals surface area (Å²) in [5, 5.41) is 8.26. The maximum atomic E-state index is 6.53. The molecule has 3 atom stereocenters. The lowest BCUT2D eigenvalue weighted by atomic mass is 9.72. The molecule has 4 heteroatoms. The van der Waals surface area contributed by atoms with E-state index in [9.17, 15) is 0 Å². The fourth-order valence-electron chi connectivity index (χ4n) is 4.11. The highest BCUT2D eigenvalue weighted by atomic mass is 35.5. The fraction of sp³-hybridized carbons (Fsp3) is 0.667. The number of likely N-dealkylation sites (N-methyl/N-ethyl adjacent to an activating group) is 1. The zero-order chi connectivity index (χ0) is 15.4. The molecule has 1 aliphatic carbocycles. The molecule has 1 aromatic rings. The van der Waals surface area contributed by atoms with Gasteiger partial charge in [0.2, 0.25) is 0 Å². The molecule has 1 saturated carbocycles. The number of hydrogen-bond donors (Lipinski definition) is 2. The van der Waals surface area contributed by atoms with E-state index in [4.69, 9.17) is 16.3 Å². The Morgan fingerprint density at radius 1 is 1.23 bits per heavy atom. The van der Waals surface area contributed by atoms with E-state index >= 15 is 0 Å². The summed E-state index contributed by atoms with van der Waals surface area (Å²) in [4.78, 5) is 0. The summed E-state index contributed by atoms with van der Waals surface area (Å²) in [5.41, 5.74) is 1.15. The minimum atomic E-state index is -0.0742. The van der Waals surface area contributed by atoms with Gasteiger partial charge >= 0.3 is 0 Å². The maximum Gasteiger partial charge on any atom is 0.0700 e. The molecule has 1 saturated heterocycles. The molecule has 1 aromatic carbocycles. The Balaban J connectivity index is 1.80. The van der Waals surface area contributed by atoms with Gasteiger partial charge < -0.3 is 15.4 Å². The molecular weight excluding hydrogens is 296 g/mol. The van der Waals surface area contributed by atoms with Gasteiger partial charge in [-0.1, -0.05) is 42.6 Å². The molecule has 3 nitrogen and oxygen atoms in total. The summed E-state index contributed by atoms with van der Waals surface area (Å²) in [6.07, 6.45) is 7.57. The number of rotatable bonds is 5. The molecule has 0 amide bonds. The summed E-state index contributed by atoms with van der Waals surface area (Å²) < 4.78 is 5.77. The van der Waals surface area contributed by atoms with E-state index in [-0.39, 0.29) is 5.54 Å². The smallest absolute Gasteiger partial charge is 0.0700 e. The van der Waals surface area contributed by atoms with Gasteiger partial charge in [0.05, 0.1) is 11.6 Å². The van der Waals surface area contributed by atoms with Crippen LogP contribution in [-0.2, 0) is 10.3 Å². The molecule has 2 aliphatic rings. The minimum absolute atomic E-state index is 0.0742. The average Bonchev–Trinajstić information content (AvgIpc) is 3.07. The number of nitrogens with one attached hydrogen (secondary N) is 2. The molecule has 2 fully saturated rings. The highest BCUT2D eigenvalue weighted by Crippen LogP contribution is 2.40. The topological polar surface area (TPSA) is 33.3 Å². The predicted molar refractivity (Wildman–Crippen MR) is 91.4 cm³/mol. The first-order chi connectivity index (χ1) is 10.8. The van der Waals surface area contributed by atoms with Crippen LogP contribution in [0, 0.1) is 0 Å². The lowest BCUT2D eigenvalue weighted by molar-refractivity contribution is 0.0942. The summed E-state index contributed by atoms with van der Waals surface area (Å²) in [6.45, 7) is 1.86. The zero-order valence-corrected chi connectivity index (χ0v) is 14.2. The Labute approximate surface area is 138 Å². The van der Waals surface area contributed by atoms with Gasteiger partial charge in [0, 0.05) is 24.2 Å². The maximum absolute atomic E-state index is 6.53. The number of hydrogen-bond acceptors (Lipinski definition) is 3. The average molecular weight is 323 g/mol. The van der Waals surface area contributed by atoms with Gasteiger partial charge in [0.15, 0.2) is 0 Å². The zero-order valence-electron chi connectivity index (χ0n) is 13.4. The van der Waals surface area contributed by atoms with E-state index in [1.165, 1.54) is 37.7 Å². The van der Waals surface area contributed by atoms with Crippen LogP contribution in [0.1, 0.15) is 44.1 Å². The number of halogens is 1. The second-order valence-corrected chi connectivity index (χ2v) is 6.95. The van der Waals surface area contributed by atoms with Crippen LogP contribution in [0.2, 0.25) is 5.02 Å². The molecule has 122 valence electrons. The lowest BCUT2D eigenvalue weighted by Gasteiger charge is -2.46. The number of ether oxygens (including phenoxy) is 1. The van der Waals surface area contributed by atoms with E-state index in [1.54, 1.807) is 0 Å². The van der Waals surface area contributed by atoms with Crippen LogP contribution in [0.5, 0.6) is 0 Å². The quantitative estimate of drug-likeness (QED) is 0.871. The third-order valence-corrected chi connectivity index (χ3v) is 5.65. The van der Waals surface area contributed by atoms with Crippen molar-refractivity contribution < 1.29 is 4.74 Å². The first-order valence-electron chi connectivity index (χ1n) is 8.55. The van der Waals surface area contributed by atoms with Gasteiger partial charge in [-0.05, 0) is 44.4 Å². The second kappa shape index (κ2) is 7.31. The summed E-state index contributed by atoms with van der Waals surface area (Å²) >= 11 is 6.53. The van der Waals surface area contributed by atoms with Crippen molar-refractivity contribution in [2.45, 2.75) is 56.2 Å². The first-order valence-corrected chi connectivity index (χ1v) is 8.93. The summed E-state index contributed by atoms with van der Waals surface area (Å²) in [5.74, 6) is 0. The molecule has 1 heterocycles. The van der Waals surface area contributed by atoms with Crippen LogP contribution < -0.4 is 10.6 Å². The molecule has 0 bridgehead atoms. The lowest BCUT2D eigenvalue weighted by Crippen LogP contribution is -2.58. The van der Waals surface area contributed by atoms with Crippen molar-refractivity contribution in [1.82, 2.24) is 10.6 Å². The van der Waals surface area contributed by atoms with Crippen LogP contribution in [0.4, 0.5) is 0 Å². The van der Waals surface area contributed by atoms with E-state index < -0.39 is 0 Å². The minimum Gasteiger partial charge on any atom is -0.377 e. The van der Waals surface area contributed by atoms with E-state index in [0.29, 0.717) is 12.1 Å². The first kappa shape index (κ1) is 16.3. The predicted octanol–water partition coefficient (Wildman–Crippen LogP) is 3.47. The van der Waals surface area contributed by atoms with Crippen LogP contribution in [0.3, 0.4) is 0 Å². The van der Waals surface area contributed by atoms with Crippen molar-refractivity contribution in [3.63, 3.8) is 0 Å². The van der Waals surface area contributed by atoms with Gasteiger partial charge in [0.25, 0.3) is 0 Å². The summed E-state index contributed by atoms with van der Waals surface area (Å²) in [6, 6.07) is 8.67. The Hall–Kier alpha value is -0.610. The molecular formula is C18H27ClN2O. The van der Waals surface area contributed by atoms with Crippen molar-refractivity contribution in [3.8, 4) is 0 Å². The van der Waals surface area contributed by atoms with Crippen LogP contribution in [0.25, 0.3) is 0 Å². The number of benzene rings is 1. The van der Waals surface area contributed by atoms with E-state index in [1.807, 2.05) is 12.1 Å².